The van der Waals surface area contributed by atoms with Gasteiger partial charge in [-0.15, -0.1) is 0 Å². The Kier molecular flexibility index (Phi) is 2.96. The van der Waals surface area contributed by atoms with Crippen LogP contribution in [0.15, 0.2) is 22.7 Å². The van der Waals surface area contributed by atoms with Crippen molar-refractivity contribution in [3.05, 3.63) is 38.8 Å². The molecule has 3 heteroatoms. The highest BCUT2D eigenvalue weighted by Gasteiger charge is 2.16. The van der Waals surface area contributed by atoms with Crippen molar-refractivity contribution in [2.75, 3.05) is 6.54 Å². The highest BCUT2D eigenvalue weighted by molar-refractivity contribution is 9.10. The molecule has 2 rings (SSSR count). The predicted octanol–water partition coefficient (Wildman–Crippen LogP) is 3.39. The van der Waals surface area contributed by atoms with Crippen LogP contribution in [0.25, 0.3) is 5.57 Å². The van der Waals surface area contributed by atoms with E-state index in [0.717, 1.165) is 22.3 Å². The molecule has 74 valence electrons. The second-order valence-electron chi connectivity index (χ2n) is 3.39. The van der Waals surface area contributed by atoms with E-state index in [1.165, 1.54) is 16.7 Å². The second-order valence-corrected chi connectivity index (χ2v) is 4.71. The lowest BCUT2D eigenvalue weighted by Gasteiger charge is -2.07. The van der Waals surface area contributed by atoms with Gasteiger partial charge in [0.2, 0.25) is 0 Å². The van der Waals surface area contributed by atoms with Gasteiger partial charge in [-0.25, -0.2) is 0 Å². The molecule has 0 amide bonds. The molecular formula is C11H11BrClN. The SMILES string of the molecule is NCCC1=CCc2c(Cl)cc(Br)cc21. The van der Waals surface area contributed by atoms with Crippen molar-refractivity contribution in [1.82, 2.24) is 0 Å². The summed E-state index contributed by atoms with van der Waals surface area (Å²) in [5, 5.41) is 0.845. The molecule has 1 aromatic carbocycles. The first-order valence-corrected chi connectivity index (χ1v) is 5.77. The lowest BCUT2D eigenvalue weighted by molar-refractivity contribution is 1.02. The molecule has 1 aliphatic carbocycles. The number of rotatable bonds is 2. The van der Waals surface area contributed by atoms with E-state index in [0.29, 0.717) is 6.54 Å². The molecule has 1 aromatic rings. The zero-order valence-electron chi connectivity index (χ0n) is 7.69. The van der Waals surface area contributed by atoms with Gasteiger partial charge in [0.1, 0.15) is 0 Å². The third-order valence-corrected chi connectivity index (χ3v) is 3.27. The van der Waals surface area contributed by atoms with E-state index < -0.39 is 0 Å². The highest BCUT2D eigenvalue weighted by Crippen LogP contribution is 2.36. The van der Waals surface area contributed by atoms with Crippen molar-refractivity contribution in [1.29, 1.82) is 0 Å². The number of nitrogens with two attached hydrogens (primary N) is 1. The van der Waals surface area contributed by atoms with Crippen molar-refractivity contribution in [2.45, 2.75) is 12.8 Å². The molecule has 0 saturated carbocycles. The Hall–Kier alpha value is -0.310. The topological polar surface area (TPSA) is 26.0 Å². The van der Waals surface area contributed by atoms with Crippen molar-refractivity contribution < 1.29 is 0 Å². The van der Waals surface area contributed by atoms with Crippen LogP contribution in [-0.4, -0.2) is 6.54 Å². The smallest absolute Gasteiger partial charge is 0.0458 e. The van der Waals surface area contributed by atoms with Crippen molar-refractivity contribution in [3.63, 3.8) is 0 Å². The lowest BCUT2D eigenvalue weighted by Crippen LogP contribution is -1.99. The van der Waals surface area contributed by atoms with Crippen LogP contribution in [0.1, 0.15) is 17.5 Å². The molecule has 0 bridgehead atoms. The van der Waals surface area contributed by atoms with Crippen molar-refractivity contribution >= 4 is 33.1 Å². The maximum absolute atomic E-state index is 6.15. The first-order valence-electron chi connectivity index (χ1n) is 4.59. The van der Waals surface area contributed by atoms with Crippen molar-refractivity contribution in [2.24, 2.45) is 5.73 Å². The molecule has 0 unspecified atom stereocenters. The molecular weight excluding hydrogens is 261 g/mol. The summed E-state index contributed by atoms with van der Waals surface area (Å²) in [4.78, 5) is 0. The van der Waals surface area contributed by atoms with E-state index in [2.05, 4.69) is 28.1 Å². The third-order valence-electron chi connectivity index (χ3n) is 2.47. The van der Waals surface area contributed by atoms with Gasteiger partial charge in [-0.2, -0.15) is 0 Å². The molecule has 0 heterocycles. The minimum Gasteiger partial charge on any atom is -0.330 e. The summed E-state index contributed by atoms with van der Waals surface area (Å²) in [6.45, 7) is 0.690. The number of hydrogen-bond donors (Lipinski definition) is 1. The highest BCUT2D eigenvalue weighted by atomic mass is 79.9. The van der Waals surface area contributed by atoms with Gasteiger partial charge in [0.25, 0.3) is 0 Å². The number of hydrogen-bond acceptors (Lipinski definition) is 1. The van der Waals surface area contributed by atoms with Gasteiger partial charge < -0.3 is 5.73 Å². The van der Waals surface area contributed by atoms with Gasteiger partial charge in [-0.1, -0.05) is 33.6 Å². The zero-order chi connectivity index (χ0) is 10.1. The summed E-state index contributed by atoms with van der Waals surface area (Å²) >= 11 is 9.60. The Balaban J connectivity index is 2.45. The maximum atomic E-state index is 6.15. The van der Waals surface area contributed by atoms with Gasteiger partial charge in [0.15, 0.2) is 0 Å². The van der Waals surface area contributed by atoms with Gasteiger partial charge in [-0.05, 0) is 48.2 Å². The molecule has 0 aliphatic heterocycles. The normalized spacial score (nSPS) is 14.1. The molecule has 0 spiro atoms. The average Bonchev–Trinajstić information content (AvgIpc) is 2.49. The fraction of sp³-hybridized carbons (Fsp3) is 0.273. The van der Waals surface area contributed by atoms with Gasteiger partial charge >= 0.3 is 0 Å². The van der Waals surface area contributed by atoms with Crippen LogP contribution in [0, 0.1) is 0 Å². The number of fused-ring (bicyclic) bond motifs is 1. The third kappa shape index (κ3) is 1.74. The quantitative estimate of drug-likeness (QED) is 0.877. The fourth-order valence-electron chi connectivity index (χ4n) is 1.82. The molecule has 0 fully saturated rings. The van der Waals surface area contributed by atoms with E-state index in [4.69, 9.17) is 17.3 Å². The van der Waals surface area contributed by atoms with Crippen LogP contribution in [0.5, 0.6) is 0 Å². The number of halogens is 2. The van der Waals surface area contributed by atoms with Gasteiger partial charge in [0, 0.05) is 9.50 Å². The summed E-state index contributed by atoms with van der Waals surface area (Å²) in [6, 6.07) is 4.06. The van der Waals surface area contributed by atoms with E-state index >= 15 is 0 Å². The van der Waals surface area contributed by atoms with Crippen LogP contribution < -0.4 is 5.73 Å². The summed E-state index contributed by atoms with van der Waals surface area (Å²) in [7, 11) is 0. The molecule has 0 radical (unpaired) electrons. The zero-order valence-corrected chi connectivity index (χ0v) is 10.0. The summed E-state index contributed by atoms with van der Waals surface area (Å²) in [5.74, 6) is 0. The van der Waals surface area contributed by atoms with Crippen LogP contribution >= 0.6 is 27.5 Å². The Labute approximate surface area is 97.1 Å². The molecule has 14 heavy (non-hydrogen) atoms. The van der Waals surface area contributed by atoms with Crippen LogP contribution in [0.3, 0.4) is 0 Å². The Morgan fingerprint density at radius 2 is 2.21 bits per heavy atom. The Morgan fingerprint density at radius 3 is 2.93 bits per heavy atom. The van der Waals surface area contributed by atoms with E-state index in [9.17, 15) is 0 Å². The second kappa shape index (κ2) is 4.05. The van der Waals surface area contributed by atoms with E-state index in [1.807, 2.05) is 6.07 Å². The van der Waals surface area contributed by atoms with Crippen LogP contribution in [0.2, 0.25) is 5.02 Å². The monoisotopic (exact) mass is 271 g/mol. The van der Waals surface area contributed by atoms with E-state index in [1.54, 1.807) is 0 Å². The average molecular weight is 273 g/mol. The first kappa shape index (κ1) is 10.2. The molecule has 1 aliphatic rings. The minimum absolute atomic E-state index is 0.690. The summed E-state index contributed by atoms with van der Waals surface area (Å²) < 4.78 is 1.03. The standard InChI is InChI=1S/C11H11BrClN/c12-8-5-10-7(3-4-14)1-2-9(10)11(13)6-8/h1,5-6H,2-4,14H2. The molecule has 2 N–H and O–H groups in total. The van der Waals surface area contributed by atoms with Crippen LogP contribution in [-0.2, 0) is 6.42 Å². The number of allylic oxidation sites excluding steroid dienone is 1. The molecule has 0 atom stereocenters. The molecule has 0 saturated heterocycles. The summed E-state index contributed by atoms with van der Waals surface area (Å²) in [5.41, 5.74) is 9.37. The predicted molar refractivity (Wildman–Crippen MR) is 64.5 cm³/mol. The van der Waals surface area contributed by atoms with E-state index in [-0.39, 0.29) is 0 Å². The molecule has 1 nitrogen and oxygen atoms in total. The molecule has 0 aromatic heterocycles. The maximum Gasteiger partial charge on any atom is 0.0458 e. The first-order chi connectivity index (χ1) is 6.72. The van der Waals surface area contributed by atoms with Crippen molar-refractivity contribution in [3.8, 4) is 0 Å². The van der Waals surface area contributed by atoms with Gasteiger partial charge in [0.05, 0.1) is 0 Å². The van der Waals surface area contributed by atoms with Crippen LogP contribution in [0.4, 0.5) is 0 Å². The lowest BCUT2D eigenvalue weighted by atomic mass is 10.0. The Morgan fingerprint density at radius 1 is 1.43 bits per heavy atom. The summed E-state index contributed by atoms with van der Waals surface area (Å²) in [6.07, 6.45) is 4.09. The Bertz CT molecular complexity index is 399. The fourth-order valence-corrected chi connectivity index (χ4v) is 2.71. The van der Waals surface area contributed by atoms with Gasteiger partial charge in [-0.3, -0.25) is 0 Å². The largest absolute Gasteiger partial charge is 0.330 e. The number of benzene rings is 1. The minimum atomic E-state index is 0.690.